The van der Waals surface area contributed by atoms with Crippen LogP contribution in [0.3, 0.4) is 0 Å². The molecule has 0 aliphatic carbocycles. The maximum Gasteiger partial charge on any atom is 0.190 e. The van der Waals surface area contributed by atoms with E-state index in [1.165, 1.54) is 0 Å². The number of hydrogen-bond donors (Lipinski definition) is 0. The predicted octanol–water partition coefficient (Wildman–Crippen LogP) is 2.40. The van der Waals surface area contributed by atoms with E-state index in [4.69, 9.17) is 9.15 Å². The maximum atomic E-state index is 10.3. The summed E-state index contributed by atoms with van der Waals surface area (Å²) in [6.07, 6.45) is 5.51. The second-order valence-electron chi connectivity index (χ2n) is 3.29. The number of allylic oxidation sites excluding steroid dienone is 1. The largest absolute Gasteiger partial charge is 0.472 e. The molecule has 2 rings (SSSR count). The molecular formula is C11H10O3. The molecule has 0 N–H and O–H groups in total. The maximum absolute atomic E-state index is 10.3. The van der Waals surface area contributed by atoms with Crippen molar-refractivity contribution in [1.82, 2.24) is 0 Å². The Hall–Kier alpha value is -1.73. The summed E-state index contributed by atoms with van der Waals surface area (Å²) < 4.78 is 10.0. The summed E-state index contributed by atoms with van der Waals surface area (Å²) in [6, 6.07) is 1.91. The fraction of sp³-hybridized carbons (Fsp3) is 0.273. The van der Waals surface area contributed by atoms with Crippen LogP contribution in [0.2, 0.25) is 0 Å². The minimum absolute atomic E-state index is 0.222. The minimum Gasteiger partial charge on any atom is -0.472 e. The van der Waals surface area contributed by atoms with E-state index in [0.29, 0.717) is 12.2 Å². The Morgan fingerprint density at radius 1 is 1.57 bits per heavy atom. The van der Waals surface area contributed by atoms with Crippen molar-refractivity contribution in [3.05, 3.63) is 41.8 Å². The SMILES string of the molecule is CC(C1=COC(=C=O)C1)c1ccoc1. The van der Waals surface area contributed by atoms with Crippen molar-refractivity contribution in [1.29, 1.82) is 0 Å². The Kier molecular flexibility index (Phi) is 2.25. The first-order valence-corrected chi connectivity index (χ1v) is 4.43. The quantitative estimate of drug-likeness (QED) is 0.672. The molecule has 3 nitrogen and oxygen atoms in total. The Bertz CT molecular complexity index is 394. The van der Waals surface area contributed by atoms with Crippen molar-refractivity contribution in [3.8, 4) is 0 Å². The van der Waals surface area contributed by atoms with Crippen LogP contribution in [-0.4, -0.2) is 5.94 Å². The third-order valence-corrected chi connectivity index (χ3v) is 2.43. The van der Waals surface area contributed by atoms with Crippen molar-refractivity contribution in [2.75, 3.05) is 0 Å². The van der Waals surface area contributed by atoms with Crippen LogP contribution < -0.4 is 0 Å². The lowest BCUT2D eigenvalue weighted by atomic mass is 9.94. The van der Waals surface area contributed by atoms with Gasteiger partial charge in [0.05, 0.1) is 18.8 Å². The fourth-order valence-corrected chi connectivity index (χ4v) is 1.47. The molecule has 1 unspecified atom stereocenters. The molecule has 0 saturated heterocycles. The molecule has 0 spiro atoms. The van der Waals surface area contributed by atoms with Gasteiger partial charge in [-0.2, -0.15) is 0 Å². The van der Waals surface area contributed by atoms with Crippen LogP contribution in [0.5, 0.6) is 0 Å². The lowest BCUT2D eigenvalue weighted by Crippen LogP contribution is -1.94. The molecule has 72 valence electrons. The van der Waals surface area contributed by atoms with Gasteiger partial charge >= 0.3 is 0 Å². The Morgan fingerprint density at radius 3 is 3.00 bits per heavy atom. The smallest absolute Gasteiger partial charge is 0.190 e. The molecule has 0 radical (unpaired) electrons. The molecule has 0 fully saturated rings. The number of furan rings is 1. The van der Waals surface area contributed by atoms with Gasteiger partial charge in [-0.3, -0.25) is 0 Å². The first kappa shape index (κ1) is 8.85. The van der Waals surface area contributed by atoms with Gasteiger partial charge in [0.15, 0.2) is 11.7 Å². The zero-order valence-electron chi connectivity index (χ0n) is 7.82. The highest BCUT2D eigenvalue weighted by molar-refractivity contribution is 5.53. The first-order valence-electron chi connectivity index (χ1n) is 4.43. The summed E-state index contributed by atoms with van der Waals surface area (Å²) in [5, 5.41) is 0. The summed E-state index contributed by atoms with van der Waals surface area (Å²) in [7, 11) is 0. The standard InChI is InChI=1S/C11H10O3/c1-8(9-2-3-13-6-9)10-4-11(5-12)14-7-10/h2-3,6-8H,4H2,1H3. The van der Waals surface area contributed by atoms with Crippen molar-refractivity contribution < 1.29 is 13.9 Å². The van der Waals surface area contributed by atoms with E-state index in [2.05, 4.69) is 0 Å². The summed E-state index contributed by atoms with van der Waals surface area (Å²) in [5.41, 5.74) is 2.16. The molecule has 0 aromatic carbocycles. The van der Waals surface area contributed by atoms with Gasteiger partial charge in [-0.15, -0.1) is 0 Å². The van der Waals surface area contributed by atoms with Crippen molar-refractivity contribution in [2.45, 2.75) is 19.3 Å². The third kappa shape index (κ3) is 1.50. The topological polar surface area (TPSA) is 39.4 Å². The second kappa shape index (κ2) is 3.56. The van der Waals surface area contributed by atoms with E-state index >= 15 is 0 Å². The number of rotatable bonds is 2. The summed E-state index contributed by atoms with van der Waals surface area (Å²) in [4.78, 5) is 10.3. The molecule has 1 atom stereocenters. The summed E-state index contributed by atoms with van der Waals surface area (Å²) >= 11 is 0. The average Bonchev–Trinajstić information content (AvgIpc) is 2.88. The van der Waals surface area contributed by atoms with E-state index in [9.17, 15) is 4.79 Å². The minimum atomic E-state index is 0.222. The van der Waals surface area contributed by atoms with Crippen molar-refractivity contribution in [3.63, 3.8) is 0 Å². The van der Waals surface area contributed by atoms with Crippen LogP contribution >= 0.6 is 0 Å². The highest BCUT2D eigenvalue weighted by Crippen LogP contribution is 2.32. The monoisotopic (exact) mass is 190 g/mol. The van der Waals surface area contributed by atoms with Gasteiger partial charge in [0.2, 0.25) is 0 Å². The molecule has 0 saturated carbocycles. The van der Waals surface area contributed by atoms with Crippen LogP contribution in [0.4, 0.5) is 0 Å². The van der Waals surface area contributed by atoms with E-state index in [1.54, 1.807) is 24.7 Å². The molecule has 2 heterocycles. The molecule has 1 aromatic rings. The van der Waals surface area contributed by atoms with Gasteiger partial charge in [-0.05, 0) is 17.2 Å². The van der Waals surface area contributed by atoms with Crippen molar-refractivity contribution >= 4 is 5.94 Å². The number of ether oxygens (including phenoxy) is 1. The normalized spacial score (nSPS) is 17.2. The highest BCUT2D eigenvalue weighted by Gasteiger charge is 2.20. The molecule has 14 heavy (non-hydrogen) atoms. The Morgan fingerprint density at radius 2 is 2.43 bits per heavy atom. The first-order chi connectivity index (χ1) is 6.81. The van der Waals surface area contributed by atoms with Crippen LogP contribution in [0, 0.1) is 0 Å². The molecule has 0 amide bonds. The van der Waals surface area contributed by atoms with Gasteiger partial charge in [-0.25, -0.2) is 4.79 Å². The van der Waals surface area contributed by atoms with E-state index in [0.717, 1.165) is 11.1 Å². The molecule has 1 aliphatic rings. The van der Waals surface area contributed by atoms with Crippen LogP contribution in [0.15, 0.2) is 40.6 Å². The molecule has 1 aliphatic heterocycles. The van der Waals surface area contributed by atoms with Crippen LogP contribution in [-0.2, 0) is 9.53 Å². The average molecular weight is 190 g/mol. The van der Waals surface area contributed by atoms with Gasteiger partial charge in [-0.1, -0.05) is 6.92 Å². The lowest BCUT2D eigenvalue weighted by molar-refractivity contribution is 0.369. The van der Waals surface area contributed by atoms with E-state index < -0.39 is 0 Å². The van der Waals surface area contributed by atoms with E-state index in [-0.39, 0.29) is 5.92 Å². The zero-order chi connectivity index (χ0) is 9.97. The Labute approximate surface area is 81.7 Å². The van der Waals surface area contributed by atoms with Gasteiger partial charge < -0.3 is 9.15 Å². The molecular weight excluding hydrogens is 180 g/mol. The number of carbonyl (C=O) groups excluding carboxylic acids is 1. The summed E-state index contributed by atoms with van der Waals surface area (Å²) in [6.45, 7) is 2.05. The van der Waals surface area contributed by atoms with Crippen LogP contribution in [0.1, 0.15) is 24.8 Å². The van der Waals surface area contributed by atoms with Gasteiger partial charge in [0, 0.05) is 12.3 Å². The van der Waals surface area contributed by atoms with Crippen LogP contribution in [0.25, 0.3) is 0 Å². The zero-order valence-corrected chi connectivity index (χ0v) is 7.82. The molecule has 3 heteroatoms. The summed E-state index contributed by atoms with van der Waals surface area (Å²) in [5.74, 6) is 2.34. The fourth-order valence-electron chi connectivity index (χ4n) is 1.47. The van der Waals surface area contributed by atoms with Gasteiger partial charge in [0.25, 0.3) is 0 Å². The Balaban J connectivity index is 2.15. The molecule has 0 bridgehead atoms. The number of hydrogen-bond acceptors (Lipinski definition) is 3. The van der Waals surface area contributed by atoms with Gasteiger partial charge in [0.1, 0.15) is 0 Å². The lowest BCUT2D eigenvalue weighted by Gasteiger charge is -2.07. The predicted molar refractivity (Wildman–Crippen MR) is 50.1 cm³/mol. The third-order valence-electron chi connectivity index (χ3n) is 2.43. The molecule has 1 aromatic heterocycles. The highest BCUT2D eigenvalue weighted by atomic mass is 16.5. The second-order valence-corrected chi connectivity index (χ2v) is 3.29. The van der Waals surface area contributed by atoms with Crippen molar-refractivity contribution in [2.24, 2.45) is 0 Å². The van der Waals surface area contributed by atoms with E-state index in [1.807, 2.05) is 13.0 Å².